The van der Waals surface area contributed by atoms with Gasteiger partial charge in [0.25, 0.3) is 0 Å². The third-order valence-electron chi connectivity index (χ3n) is 2.12. The molecule has 0 atom stereocenters. The third kappa shape index (κ3) is 1.26. The summed E-state index contributed by atoms with van der Waals surface area (Å²) in [5, 5.41) is 17.5. The summed E-state index contributed by atoms with van der Waals surface area (Å²) in [5.74, 6) is 0.659. The predicted octanol–water partition coefficient (Wildman–Crippen LogP) is 2.39. The summed E-state index contributed by atoms with van der Waals surface area (Å²) in [6, 6.07) is 5.24. The van der Waals surface area contributed by atoms with Crippen LogP contribution < -0.4 is 0 Å². The first-order valence-electron chi connectivity index (χ1n) is 4.35. The van der Waals surface area contributed by atoms with E-state index in [9.17, 15) is 5.11 Å². The van der Waals surface area contributed by atoms with Crippen LogP contribution in [0.25, 0.3) is 10.9 Å². The van der Waals surface area contributed by atoms with Gasteiger partial charge in [0.15, 0.2) is 0 Å². The molecule has 2 N–H and O–H groups in total. The summed E-state index contributed by atoms with van der Waals surface area (Å²) in [6.07, 6.45) is 0. The highest BCUT2D eigenvalue weighted by Crippen LogP contribution is 2.25. The molecule has 0 saturated carbocycles. The van der Waals surface area contributed by atoms with Crippen molar-refractivity contribution in [2.45, 2.75) is 19.8 Å². The maximum absolute atomic E-state index is 9.31. The van der Waals surface area contributed by atoms with Gasteiger partial charge in [-0.15, -0.1) is 0 Å². The number of hydrogen-bond acceptors (Lipinski definition) is 2. The summed E-state index contributed by atoms with van der Waals surface area (Å²) in [5.41, 5.74) is 1.98. The Hall–Kier alpha value is -1.51. The fourth-order valence-electron chi connectivity index (χ4n) is 1.46. The van der Waals surface area contributed by atoms with Gasteiger partial charge in [0.05, 0.1) is 11.2 Å². The number of aromatic hydroxyl groups is 1. The molecule has 2 rings (SSSR count). The van der Waals surface area contributed by atoms with Crippen LogP contribution >= 0.6 is 0 Å². The van der Waals surface area contributed by atoms with Crippen molar-refractivity contribution in [2.75, 3.05) is 0 Å². The fourth-order valence-corrected chi connectivity index (χ4v) is 1.46. The van der Waals surface area contributed by atoms with E-state index in [1.807, 2.05) is 6.07 Å². The first-order valence-corrected chi connectivity index (χ1v) is 4.35. The van der Waals surface area contributed by atoms with Gasteiger partial charge < -0.3 is 5.11 Å². The predicted molar refractivity (Wildman–Crippen MR) is 51.8 cm³/mol. The Bertz CT molecular complexity index is 431. The van der Waals surface area contributed by atoms with Gasteiger partial charge in [0, 0.05) is 5.39 Å². The lowest BCUT2D eigenvalue weighted by atomic mass is 10.1. The second-order valence-corrected chi connectivity index (χ2v) is 3.49. The summed E-state index contributed by atoms with van der Waals surface area (Å²) in [7, 11) is 0. The average molecular weight is 176 g/mol. The van der Waals surface area contributed by atoms with Crippen LogP contribution in [-0.4, -0.2) is 15.3 Å². The van der Waals surface area contributed by atoms with Crippen LogP contribution in [-0.2, 0) is 0 Å². The van der Waals surface area contributed by atoms with E-state index in [4.69, 9.17) is 0 Å². The molecule has 2 aromatic rings. The van der Waals surface area contributed by atoms with Crippen LogP contribution in [0.3, 0.4) is 0 Å². The second-order valence-electron chi connectivity index (χ2n) is 3.49. The lowest BCUT2D eigenvalue weighted by Crippen LogP contribution is -1.87. The third-order valence-corrected chi connectivity index (χ3v) is 2.12. The molecule has 13 heavy (non-hydrogen) atoms. The summed E-state index contributed by atoms with van der Waals surface area (Å²) in [6.45, 7) is 4.17. The lowest BCUT2D eigenvalue weighted by molar-refractivity contribution is 0.476. The Labute approximate surface area is 76.4 Å². The van der Waals surface area contributed by atoms with Crippen LogP contribution in [0.5, 0.6) is 5.75 Å². The molecule has 0 fully saturated rings. The number of rotatable bonds is 1. The number of nitrogens with zero attached hydrogens (tertiary/aromatic N) is 1. The Morgan fingerprint density at radius 3 is 2.85 bits per heavy atom. The van der Waals surface area contributed by atoms with Gasteiger partial charge in [-0.2, -0.15) is 5.10 Å². The van der Waals surface area contributed by atoms with Crippen molar-refractivity contribution < 1.29 is 5.11 Å². The highest BCUT2D eigenvalue weighted by molar-refractivity contribution is 5.83. The number of phenols is 1. The van der Waals surface area contributed by atoms with E-state index < -0.39 is 0 Å². The molecule has 0 unspecified atom stereocenters. The monoisotopic (exact) mass is 176 g/mol. The first-order chi connectivity index (χ1) is 6.18. The molecule has 0 amide bonds. The standard InChI is InChI=1S/C10H12N2O/c1-6(2)10-8-5-7(13)3-4-9(8)11-12-10/h3-6,13H,1-2H3,(H,11,12). The number of fused-ring (bicyclic) bond motifs is 1. The van der Waals surface area contributed by atoms with E-state index in [1.54, 1.807) is 12.1 Å². The van der Waals surface area contributed by atoms with Crippen molar-refractivity contribution in [3.8, 4) is 5.75 Å². The smallest absolute Gasteiger partial charge is 0.116 e. The number of phenolic OH excluding ortho intramolecular Hbond substituents is 1. The molecular weight excluding hydrogens is 164 g/mol. The number of nitrogens with one attached hydrogen (secondary N) is 1. The number of aromatic nitrogens is 2. The summed E-state index contributed by atoms with van der Waals surface area (Å²) < 4.78 is 0. The minimum absolute atomic E-state index is 0.288. The number of hydrogen-bond donors (Lipinski definition) is 2. The van der Waals surface area contributed by atoms with E-state index in [-0.39, 0.29) is 5.75 Å². The maximum atomic E-state index is 9.31. The van der Waals surface area contributed by atoms with Gasteiger partial charge >= 0.3 is 0 Å². The molecule has 0 saturated heterocycles. The normalized spacial score (nSPS) is 11.3. The molecule has 0 aliphatic carbocycles. The zero-order valence-corrected chi connectivity index (χ0v) is 7.70. The Morgan fingerprint density at radius 2 is 2.15 bits per heavy atom. The molecule has 1 heterocycles. The highest BCUT2D eigenvalue weighted by atomic mass is 16.3. The van der Waals surface area contributed by atoms with Gasteiger partial charge in [-0.1, -0.05) is 13.8 Å². The van der Waals surface area contributed by atoms with Gasteiger partial charge in [-0.25, -0.2) is 0 Å². The highest BCUT2D eigenvalue weighted by Gasteiger charge is 2.08. The van der Waals surface area contributed by atoms with Crippen molar-refractivity contribution in [3.63, 3.8) is 0 Å². The Kier molecular flexibility index (Phi) is 1.72. The van der Waals surface area contributed by atoms with Crippen LogP contribution in [0.2, 0.25) is 0 Å². The van der Waals surface area contributed by atoms with Gasteiger partial charge in [0.1, 0.15) is 5.75 Å². The van der Waals surface area contributed by atoms with E-state index in [2.05, 4.69) is 24.0 Å². The molecule has 0 spiro atoms. The topological polar surface area (TPSA) is 48.9 Å². The van der Waals surface area contributed by atoms with E-state index in [1.165, 1.54) is 0 Å². The van der Waals surface area contributed by atoms with E-state index in [0.29, 0.717) is 5.92 Å². The summed E-state index contributed by atoms with van der Waals surface area (Å²) in [4.78, 5) is 0. The molecule has 0 aliphatic heterocycles. The average Bonchev–Trinajstić information content (AvgIpc) is 2.46. The van der Waals surface area contributed by atoms with Crippen molar-refractivity contribution in [1.82, 2.24) is 10.2 Å². The molecule has 0 radical (unpaired) electrons. The quantitative estimate of drug-likeness (QED) is 0.700. The zero-order chi connectivity index (χ0) is 9.42. The van der Waals surface area contributed by atoms with Crippen LogP contribution in [0.15, 0.2) is 18.2 Å². The van der Waals surface area contributed by atoms with Crippen LogP contribution in [0.4, 0.5) is 0 Å². The maximum Gasteiger partial charge on any atom is 0.116 e. The van der Waals surface area contributed by atoms with Crippen molar-refractivity contribution >= 4 is 10.9 Å². The van der Waals surface area contributed by atoms with Gasteiger partial charge in [-0.3, -0.25) is 5.10 Å². The molecule has 0 aliphatic rings. The number of aromatic amines is 1. The van der Waals surface area contributed by atoms with Crippen LogP contribution in [0.1, 0.15) is 25.5 Å². The van der Waals surface area contributed by atoms with Crippen molar-refractivity contribution in [2.24, 2.45) is 0 Å². The number of H-pyrrole nitrogens is 1. The van der Waals surface area contributed by atoms with Crippen molar-refractivity contribution in [1.29, 1.82) is 0 Å². The van der Waals surface area contributed by atoms with Crippen molar-refractivity contribution in [3.05, 3.63) is 23.9 Å². The first kappa shape index (κ1) is 8.10. The largest absolute Gasteiger partial charge is 0.508 e. The Balaban J connectivity index is 2.71. The Morgan fingerprint density at radius 1 is 1.38 bits per heavy atom. The number of benzene rings is 1. The summed E-state index contributed by atoms with van der Waals surface area (Å²) >= 11 is 0. The molecule has 1 aromatic carbocycles. The molecule has 1 aromatic heterocycles. The van der Waals surface area contributed by atoms with Crippen LogP contribution in [0, 0.1) is 0 Å². The molecular formula is C10H12N2O. The SMILES string of the molecule is CC(C)c1n[nH]c2ccc(O)cc12. The van der Waals surface area contributed by atoms with E-state index in [0.717, 1.165) is 16.6 Å². The second kappa shape index (κ2) is 2.76. The van der Waals surface area contributed by atoms with Gasteiger partial charge in [0.2, 0.25) is 0 Å². The fraction of sp³-hybridized carbons (Fsp3) is 0.300. The molecule has 0 bridgehead atoms. The van der Waals surface area contributed by atoms with Gasteiger partial charge in [-0.05, 0) is 24.1 Å². The minimum Gasteiger partial charge on any atom is -0.508 e. The zero-order valence-electron chi connectivity index (χ0n) is 7.70. The molecule has 3 nitrogen and oxygen atoms in total. The van der Waals surface area contributed by atoms with E-state index >= 15 is 0 Å². The minimum atomic E-state index is 0.288. The lowest BCUT2D eigenvalue weighted by Gasteiger charge is -1.99. The molecule has 3 heteroatoms. The molecule has 68 valence electrons.